The Labute approximate surface area is 123 Å². The zero-order valence-electron chi connectivity index (χ0n) is 11.6. The van der Waals surface area contributed by atoms with Gasteiger partial charge in [-0.15, -0.1) is 0 Å². The number of hydrogen-bond donors (Lipinski definition) is 1. The van der Waals surface area contributed by atoms with Gasteiger partial charge in [0.2, 0.25) is 0 Å². The van der Waals surface area contributed by atoms with Crippen LogP contribution in [0.25, 0.3) is 0 Å². The first-order valence-electron chi connectivity index (χ1n) is 6.90. The molecule has 106 valence electrons. The van der Waals surface area contributed by atoms with Crippen LogP contribution < -0.4 is 10.1 Å². The summed E-state index contributed by atoms with van der Waals surface area (Å²) in [5.41, 5.74) is 1.30. The third-order valence-electron chi connectivity index (χ3n) is 3.59. The summed E-state index contributed by atoms with van der Waals surface area (Å²) in [5.74, 6) is 1.43. The zero-order valence-corrected chi connectivity index (χ0v) is 13.2. The summed E-state index contributed by atoms with van der Waals surface area (Å²) in [4.78, 5) is 0. The highest BCUT2D eigenvalue weighted by Crippen LogP contribution is 2.34. The van der Waals surface area contributed by atoms with Crippen molar-refractivity contribution >= 4 is 15.9 Å². The predicted molar refractivity (Wildman–Crippen MR) is 80.7 cm³/mol. The molecule has 0 bridgehead atoms. The quantitative estimate of drug-likeness (QED) is 0.866. The number of halogens is 1. The Hall–Kier alpha value is -0.580. The van der Waals surface area contributed by atoms with Crippen LogP contribution in [0.5, 0.6) is 5.75 Å². The summed E-state index contributed by atoms with van der Waals surface area (Å²) in [5, 5.41) is 3.66. The molecule has 1 fully saturated rings. The number of benzene rings is 1. The summed E-state index contributed by atoms with van der Waals surface area (Å²) in [6.07, 6.45) is 2.26. The van der Waals surface area contributed by atoms with Gasteiger partial charge in [-0.05, 0) is 37.1 Å². The fraction of sp³-hybridized carbons (Fsp3) is 0.600. The van der Waals surface area contributed by atoms with E-state index in [1.807, 2.05) is 12.1 Å². The molecule has 1 aromatic rings. The largest absolute Gasteiger partial charge is 0.497 e. The van der Waals surface area contributed by atoms with E-state index in [-0.39, 0.29) is 0 Å². The van der Waals surface area contributed by atoms with E-state index in [1.54, 1.807) is 7.11 Å². The molecule has 1 N–H and O–H groups in total. The van der Waals surface area contributed by atoms with Crippen molar-refractivity contribution in [3.63, 3.8) is 0 Å². The molecule has 1 aliphatic heterocycles. The lowest BCUT2D eigenvalue weighted by Gasteiger charge is -2.25. The average Bonchev–Trinajstić information content (AvgIpc) is 2.94. The zero-order chi connectivity index (χ0) is 13.7. The van der Waals surface area contributed by atoms with Crippen LogP contribution in [0.3, 0.4) is 0 Å². The third kappa shape index (κ3) is 3.71. The molecular formula is C15H22BrNO2. The Kier molecular flexibility index (Phi) is 5.67. The Morgan fingerprint density at radius 1 is 1.53 bits per heavy atom. The molecule has 3 nitrogen and oxygen atoms in total. The number of rotatable bonds is 6. The van der Waals surface area contributed by atoms with Crippen LogP contribution in [-0.4, -0.2) is 26.9 Å². The summed E-state index contributed by atoms with van der Waals surface area (Å²) in [7, 11) is 1.69. The topological polar surface area (TPSA) is 30.5 Å². The molecule has 0 aromatic heterocycles. The minimum Gasteiger partial charge on any atom is -0.497 e. The van der Waals surface area contributed by atoms with Crippen molar-refractivity contribution in [2.75, 3.05) is 26.9 Å². The molecule has 0 spiro atoms. The molecule has 2 atom stereocenters. The van der Waals surface area contributed by atoms with Crippen molar-refractivity contribution in [3.8, 4) is 5.75 Å². The smallest absolute Gasteiger partial charge is 0.120 e. The average molecular weight is 328 g/mol. The van der Waals surface area contributed by atoms with E-state index in [2.05, 4.69) is 34.2 Å². The van der Waals surface area contributed by atoms with Gasteiger partial charge in [-0.1, -0.05) is 28.9 Å². The summed E-state index contributed by atoms with van der Waals surface area (Å²) in [6, 6.07) is 6.55. The maximum Gasteiger partial charge on any atom is 0.120 e. The highest BCUT2D eigenvalue weighted by atomic mass is 79.9. The second-order valence-corrected chi connectivity index (χ2v) is 5.80. The fourth-order valence-electron chi connectivity index (χ4n) is 2.53. The van der Waals surface area contributed by atoms with Gasteiger partial charge in [-0.2, -0.15) is 0 Å². The monoisotopic (exact) mass is 327 g/mol. The van der Waals surface area contributed by atoms with Crippen LogP contribution in [0.15, 0.2) is 22.7 Å². The Bertz CT molecular complexity index is 405. The second-order valence-electron chi connectivity index (χ2n) is 4.94. The number of hydrogen-bond acceptors (Lipinski definition) is 3. The molecule has 4 heteroatoms. The van der Waals surface area contributed by atoms with E-state index in [0.29, 0.717) is 12.0 Å². The molecule has 0 saturated carbocycles. The van der Waals surface area contributed by atoms with Gasteiger partial charge in [0.15, 0.2) is 0 Å². The first-order chi connectivity index (χ1) is 9.26. The van der Waals surface area contributed by atoms with Gasteiger partial charge in [0.25, 0.3) is 0 Å². The van der Waals surface area contributed by atoms with Crippen LogP contribution >= 0.6 is 15.9 Å². The van der Waals surface area contributed by atoms with E-state index in [0.717, 1.165) is 42.8 Å². The number of methoxy groups -OCH3 is 1. The normalized spacial score (nSPS) is 20.5. The molecule has 1 aromatic carbocycles. The van der Waals surface area contributed by atoms with E-state index in [9.17, 15) is 0 Å². The molecule has 2 unspecified atom stereocenters. The Balaban J connectivity index is 2.20. The highest BCUT2D eigenvalue weighted by molar-refractivity contribution is 9.10. The molecule has 0 amide bonds. The van der Waals surface area contributed by atoms with Gasteiger partial charge in [0.1, 0.15) is 5.75 Å². The van der Waals surface area contributed by atoms with E-state index < -0.39 is 0 Å². The van der Waals surface area contributed by atoms with Gasteiger partial charge >= 0.3 is 0 Å². The molecule has 0 aliphatic carbocycles. The fourth-order valence-corrected chi connectivity index (χ4v) is 3.14. The van der Waals surface area contributed by atoms with Crippen molar-refractivity contribution in [2.45, 2.75) is 25.8 Å². The van der Waals surface area contributed by atoms with Crippen LogP contribution in [-0.2, 0) is 4.74 Å². The lowest BCUT2D eigenvalue weighted by molar-refractivity contribution is 0.176. The van der Waals surface area contributed by atoms with Crippen molar-refractivity contribution in [1.29, 1.82) is 0 Å². The highest BCUT2D eigenvalue weighted by Gasteiger charge is 2.27. The van der Waals surface area contributed by atoms with Crippen LogP contribution in [0, 0.1) is 5.92 Å². The third-order valence-corrected chi connectivity index (χ3v) is 4.28. The minimum absolute atomic E-state index is 0.350. The van der Waals surface area contributed by atoms with Crippen LogP contribution in [0.1, 0.15) is 31.4 Å². The molecule has 1 heterocycles. The maximum atomic E-state index is 5.54. The Morgan fingerprint density at radius 2 is 2.37 bits per heavy atom. The molecule has 2 rings (SSSR count). The van der Waals surface area contributed by atoms with Crippen molar-refractivity contribution in [2.24, 2.45) is 5.92 Å². The van der Waals surface area contributed by atoms with Crippen molar-refractivity contribution in [3.05, 3.63) is 28.2 Å². The van der Waals surface area contributed by atoms with E-state index in [4.69, 9.17) is 9.47 Å². The maximum absolute atomic E-state index is 5.54. The van der Waals surface area contributed by atoms with Gasteiger partial charge in [0.05, 0.1) is 13.7 Å². The molecule has 1 aliphatic rings. The molecule has 0 radical (unpaired) electrons. The summed E-state index contributed by atoms with van der Waals surface area (Å²) < 4.78 is 11.9. The lowest BCUT2D eigenvalue weighted by Crippen LogP contribution is -2.29. The van der Waals surface area contributed by atoms with Crippen LogP contribution in [0.2, 0.25) is 0 Å². The predicted octanol–water partition coefficient (Wildman–Crippen LogP) is 3.53. The van der Waals surface area contributed by atoms with Gasteiger partial charge < -0.3 is 14.8 Å². The first-order valence-corrected chi connectivity index (χ1v) is 7.70. The number of ether oxygens (including phenoxy) is 2. The van der Waals surface area contributed by atoms with Crippen molar-refractivity contribution < 1.29 is 9.47 Å². The molecular weight excluding hydrogens is 306 g/mol. The van der Waals surface area contributed by atoms with Gasteiger partial charge in [-0.25, -0.2) is 0 Å². The molecule has 1 saturated heterocycles. The summed E-state index contributed by atoms with van der Waals surface area (Å²) in [6.45, 7) is 4.94. The number of nitrogens with one attached hydrogen (secondary N) is 1. The Morgan fingerprint density at radius 3 is 2.95 bits per heavy atom. The standard InChI is InChI=1S/C15H22BrNO2/c1-3-7-17-15(11-6-8-19-10-11)13-5-4-12(18-2)9-14(13)16/h4-5,9,11,15,17H,3,6-8,10H2,1-2H3. The SMILES string of the molecule is CCCNC(c1ccc(OC)cc1Br)C1CCOC1. The van der Waals surface area contributed by atoms with Gasteiger partial charge in [0, 0.05) is 23.0 Å². The lowest BCUT2D eigenvalue weighted by atomic mass is 9.92. The van der Waals surface area contributed by atoms with E-state index in [1.165, 1.54) is 5.56 Å². The van der Waals surface area contributed by atoms with Gasteiger partial charge in [-0.3, -0.25) is 0 Å². The van der Waals surface area contributed by atoms with Crippen LogP contribution in [0.4, 0.5) is 0 Å². The first kappa shape index (κ1) is 14.8. The summed E-state index contributed by atoms with van der Waals surface area (Å²) >= 11 is 3.67. The van der Waals surface area contributed by atoms with Crippen molar-refractivity contribution in [1.82, 2.24) is 5.32 Å². The van der Waals surface area contributed by atoms with E-state index >= 15 is 0 Å². The second kappa shape index (κ2) is 7.27. The molecule has 19 heavy (non-hydrogen) atoms. The minimum atomic E-state index is 0.350.